The van der Waals surface area contributed by atoms with E-state index in [1.807, 2.05) is 13.0 Å². The standard InChI is InChI=1S/C5H9S2/c1-3-4-7-5(2)6/h3,5H,1,4H2,2H3. The molecule has 2 heteroatoms. The summed E-state index contributed by atoms with van der Waals surface area (Å²) in [5.41, 5.74) is 0. The quantitative estimate of drug-likeness (QED) is 0.533. The molecule has 0 aliphatic carbocycles. The number of hydrogen-bond donors (Lipinski definition) is 0. The van der Waals surface area contributed by atoms with Crippen LogP contribution in [0.5, 0.6) is 0 Å². The first kappa shape index (κ1) is 7.44. The van der Waals surface area contributed by atoms with Gasteiger partial charge in [0, 0.05) is 5.75 Å². The Kier molecular flexibility index (Phi) is 4.88. The van der Waals surface area contributed by atoms with E-state index in [1.165, 1.54) is 0 Å². The highest BCUT2D eigenvalue weighted by molar-refractivity contribution is 8.10. The molecule has 0 saturated heterocycles. The molecular weight excluding hydrogens is 124 g/mol. The largest absolute Gasteiger partial charge is 0.143 e. The Morgan fingerprint density at radius 1 is 2.00 bits per heavy atom. The van der Waals surface area contributed by atoms with E-state index in [-0.39, 0.29) is 0 Å². The van der Waals surface area contributed by atoms with Crippen LogP contribution in [0.4, 0.5) is 0 Å². The molecule has 0 amide bonds. The second-order valence-corrected chi connectivity index (χ2v) is 3.57. The third-order valence-corrected chi connectivity index (χ3v) is 1.75. The molecule has 0 rings (SSSR count). The summed E-state index contributed by atoms with van der Waals surface area (Å²) in [5.74, 6) is 0.977. The molecule has 41 valence electrons. The molecule has 0 bridgehead atoms. The fraction of sp³-hybridized carbons (Fsp3) is 0.600. The lowest BCUT2D eigenvalue weighted by molar-refractivity contribution is 1.43. The van der Waals surface area contributed by atoms with Gasteiger partial charge in [-0.25, -0.2) is 0 Å². The minimum Gasteiger partial charge on any atom is -0.143 e. The fourth-order valence-corrected chi connectivity index (χ4v) is 0.846. The maximum absolute atomic E-state index is 4.86. The third kappa shape index (κ3) is 6.44. The molecule has 0 aliphatic heterocycles. The van der Waals surface area contributed by atoms with E-state index in [0.717, 1.165) is 5.75 Å². The zero-order chi connectivity index (χ0) is 5.70. The highest BCUT2D eigenvalue weighted by atomic mass is 32.2. The van der Waals surface area contributed by atoms with Crippen LogP contribution >= 0.6 is 24.4 Å². The monoisotopic (exact) mass is 133 g/mol. The molecule has 1 radical (unpaired) electrons. The lowest BCUT2D eigenvalue weighted by atomic mass is 10.8. The van der Waals surface area contributed by atoms with E-state index in [1.54, 1.807) is 11.8 Å². The minimum absolute atomic E-state index is 0.331. The van der Waals surface area contributed by atoms with Gasteiger partial charge < -0.3 is 0 Å². The van der Waals surface area contributed by atoms with Gasteiger partial charge in [-0.3, -0.25) is 0 Å². The van der Waals surface area contributed by atoms with Crippen molar-refractivity contribution in [3.05, 3.63) is 12.7 Å². The van der Waals surface area contributed by atoms with Gasteiger partial charge in [-0.2, -0.15) is 0 Å². The zero-order valence-corrected chi connectivity index (χ0v) is 6.02. The smallest absolute Gasteiger partial charge is 0.0581 e. The van der Waals surface area contributed by atoms with Crippen molar-refractivity contribution in [2.75, 3.05) is 5.75 Å². The van der Waals surface area contributed by atoms with Crippen LogP contribution in [-0.4, -0.2) is 10.3 Å². The van der Waals surface area contributed by atoms with Crippen LogP contribution in [0, 0.1) is 0 Å². The summed E-state index contributed by atoms with van der Waals surface area (Å²) in [4.78, 5) is 0. The number of rotatable bonds is 3. The van der Waals surface area contributed by atoms with Gasteiger partial charge in [0.2, 0.25) is 0 Å². The van der Waals surface area contributed by atoms with Crippen molar-refractivity contribution in [2.45, 2.75) is 11.5 Å². The first-order valence-corrected chi connectivity index (χ1v) is 3.67. The molecule has 0 nitrogen and oxygen atoms in total. The Bertz CT molecular complexity index is 50.0. The predicted molar refractivity (Wildman–Crippen MR) is 39.7 cm³/mol. The predicted octanol–water partition coefficient (Wildman–Crippen LogP) is 2.45. The van der Waals surface area contributed by atoms with Gasteiger partial charge in [0.05, 0.1) is 4.58 Å². The van der Waals surface area contributed by atoms with Crippen LogP contribution in [0.2, 0.25) is 0 Å². The van der Waals surface area contributed by atoms with Gasteiger partial charge in [0.25, 0.3) is 0 Å². The molecule has 0 aromatic heterocycles. The van der Waals surface area contributed by atoms with E-state index in [4.69, 9.17) is 12.6 Å². The molecule has 0 aromatic rings. The average molecular weight is 133 g/mol. The van der Waals surface area contributed by atoms with Gasteiger partial charge in [0.1, 0.15) is 0 Å². The van der Waals surface area contributed by atoms with Gasteiger partial charge >= 0.3 is 0 Å². The van der Waals surface area contributed by atoms with E-state index < -0.39 is 0 Å². The van der Waals surface area contributed by atoms with Crippen molar-refractivity contribution in [3.63, 3.8) is 0 Å². The zero-order valence-electron chi connectivity index (χ0n) is 4.39. The maximum Gasteiger partial charge on any atom is 0.0581 e. The first-order valence-electron chi connectivity index (χ1n) is 2.15. The van der Waals surface area contributed by atoms with Crippen LogP contribution < -0.4 is 0 Å². The Hall–Kier alpha value is 0.440. The SMILES string of the molecule is C=CCSC(C)[S]. The molecule has 0 heterocycles. The van der Waals surface area contributed by atoms with Gasteiger partial charge in [-0.15, -0.1) is 18.3 Å². The van der Waals surface area contributed by atoms with Gasteiger partial charge in [-0.05, 0) is 6.92 Å². The second kappa shape index (κ2) is 4.60. The molecule has 0 aromatic carbocycles. The lowest BCUT2D eigenvalue weighted by Crippen LogP contribution is -1.80. The number of thioether (sulfide) groups is 1. The molecule has 0 fully saturated rings. The Morgan fingerprint density at radius 2 is 2.57 bits per heavy atom. The van der Waals surface area contributed by atoms with Crippen LogP contribution in [0.1, 0.15) is 6.92 Å². The van der Waals surface area contributed by atoms with Crippen molar-refractivity contribution >= 4 is 24.4 Å². The minimum atomic E-state index is 0.331. The molecule has 0 N–H and O–H groups in total. The van der Waals surface area contributed by atoms with Crippen LogP contribution in [0.25, 0.3) is 0 Å². The molecule has 0 aliphatic rings. The number of hydrogen-bond acceptors (Lipinski definition) is 1. The second-order valence-electron chi connectivity index (χ2n) is 1.19. The lowest BCUT2D eigenvalue weighted by Gasteiger charge is -1.95. The summed E-state index contributed by atoms with van der Waals surface area (Å²) in [7, 11) is 0. The van der Waals surface area contributed by atoms with Crippen LogP contribution in [0.3, 0.4) is 0 Å². The Labute approximate surface area is 54.8 Å². The molecule has 1 atom stereocenters. The highest BCUT2D eigenvalue weighted by Crippen LogP contribution is 2.12. The van der Waals surface area contributed by atoms with E-state index in [0.29, 0.717) is 4.58 Å². The summed E-state index contributed by atoms with van der Waals surface area (Å²) < 4.78 is 0.331. The van der Waals surface area contributed by atoms with Crippen LogP contribution in [-0.2, 0) is 0 Å². The average Bonchev–Trinajstić information content (AvgIpc) is 1.61. The van der Waals surface area contributed by atoms with Crippen LogP contribution in [0.15, 0.2) is 12.7 Å². The third-order valence-electron chi connectivity index (χ3n) is 0.449. The maximum atomic E-state index is 4.86. The first-order chi connectivity index (χ1) is 3.27. The summed E-state index contributed by atoms with van der Waals surface area (Å²) in [6.07, 6.45) is 1.87. The van der Waals surface area contributed by atoms with E-state index in [9.17, 15) is 0 Å². The van der Waals surface area contributed by atoms with E-state index in [2.05, 4.69) is 6.58 Å². The van der Waals surface area contributed by atoms with Crippen molar-refractivity contribution in [3.8, 4) is 0 Å². The van der Waals surface area contributed by atoms with Gasteiger partial charge in [-0.1, -0.05) is 18.7 Å². The topological polar surface area (TPSA) is 0 Å². The summed E-state index contributed by atoms with van der Waals surface area (Å²) in [6, 6.07) is 0. The van der Waals surface area contributed by atoms with Gasteiger partial charge in [0.15, 0.2) is 0 Å². The van der Waals surface area contributed by atoms with Crippen molar-refractivity contribution in [2.24, 2.45) is 0 Å². The summed E-state index contributed by atoms with van der Waals surface area (Å²) >= 11 is 6.59. The highest BCUT2D eigenvalue weighted by Gasteiger charge is 1.89. The molecular formula is C5H9S2. The molecule has 1 unspecified atom stereocenters. The Balaban J connectivity index is 2.81. The fourth-order valence-electron chi connectivity index (χ4n) is 0.204. The normalized spacial score (nSPS) is 13.4. The molecule has 0 spiro atoms. The van der Waals surface area contributed by atoms with Crippen molar-refractivity contribution in [1.82, 2.24) is 0 Å². The van der Waals surface area contributed by atoms with Crippen molar-refractivity contribution in [1.29, 1.82) is 0 Å². The summed E-state index contributed by atoms with van der Waals surface area (Å²) in [5, 5.41) is 0. The van der Waals surface area contributed by atoms with Crippen molar-refractivity contribution < 1.29 is 0 Å². The molecule has 0 saturated carbocycles. The summed E-state index contributed by atoms with van der Waals surface area (Å²) in [6.45, 7) is 5.57. The Morgan fingerprint density at radius 3 is 2.71 bits per heavy atom. The molecule has 7 heavy (non-hydrogen) atoms. The van der Waals surface area contributed by atoms with E-state index >= 15 is 0 Å².